The van der Waals surface area contributed by atoms with Gasteiger partial charge in [0.05, 0.1) is 16.7 Å². The summed E-state index contributed by atoms with van der Waals surface area (Å²) in [6, 6.07) is 10.6. The van der Waals surface area contributed by atoms with Crippen LogP contribution in [0.5, 0.6) is 11.5 Å². The van der Waals surface area contributed by atoms with Gasteiger partial charge in [0.25, 0.3) is 0 Å². The molecule has 0 saturated carbocycles. The van der Waals surface area contributed by atoms with Gasteiger partial charge in [-0.1, -0.05) is 6.58 Å². The van der Waals surface area contributed by atoms with Crippen LogP contribution in [-0.4, -0.2) is 65.5 Å². The summed E-state index contributed by atoms with van der Waals surface area (Å²) >= 11 is 0. The van der Waals surface area contributed by atoms with Crippen LogP contribution in [0.3, 0.4) is 0 Å². The topological polar surface area (TPSA) is 114 Å². The number of hydrogen-bond donors (Lipinski definition) is 1. The molecule has 0 unspecified atom stereocenters. The molecule has 214 valence electrons. The monoisotopic (exact) mass is 567 g/mol. The maximum Gasteiger partial charge on any atom is 0.246 e. The Morgan fingerprint density at radius 2 is 1.98 bits per heavy atom. The molecular weight excluding hydrogens is 537 g/mol. The Morgan fingerprint density at radius 1 is 1.12 bits per heavy atom. The van der Waals surface area contributed by atoms with Gasteiger partial charge in [0.15, 0.2) is 17.3 Å². The smallest absolute Gasteiger partial charge is 0.246 e. The van der Waals surface area contributed by atoms with Gasteiger partial charge in [-0.15, -0.1) is 0 Å². The third-order valence-electron chi connectivity index (χ3n) is 7.42. The summed E-state index contributed by atoms with van der Waals surface area (Å²) in [5.41, 5.74) is 1.88. The number of ether oxygens (including phenoxy) is 1. The lowest BCUT2D eigenvalue weighted by molar-refractivity contribution is -0.130. The predicted molar refractivity (Wildman–Crippen MR) is 158 cm³/mol. The van der Waals surface area contributed by atoms with E-state index in [1.165, 1.54) is 18.7 Å². The number of anilines is 3. The van der Waals surface area contributed by atoms with Crippen molar-refractivity contribution in [2.24, 2.45) is 0 Å². The van der Waals surface area contributed by atoms with Gasteiger partial charge >= 0.3 is 0 Å². The molecule has 1 aliphatic heterocycles. The lowest BCUT2D eigenvalue weighted by atomic mass is 10.0. The van der Waals surface area contributed by atoms with E-state index in [9.17, 15) is 4.79 Å². The molecule has 1 aromatic carbocycles. The van der Waals surface area contributed by atoms with E-state index in [1.54, 1.807) is 41.9 Å². The number of nitrogens with one attached hydrogen (secondary N) is 1. The van der Waals surface area contributed by atoms with Gasteiger partial charge in [0.1, 0.15) is 35.5 Å². The van der Waals surface area contributed by atoms with Crippen LogP contribution in [0, 0.1) is 12.7 Å². The first-order valence-corrected chi connectivity index (χ1v) is 13.6. The van der Waals surface area contributed by atoms with Gasteiger partial charge in [-0.3, -0.25) is 4.79 Å². The molecule has 5 heterocycles. The Labute approximate surface area is 241 Å². The minimum atomic E-state index is -0.472. The van der Waals surface area contributed by atoms with E-state index in [1.807, 2.05) is 30.9 Å². The van der Waals surface area contributed by atoms with Gasteiger partial charge in [0, 0.05) is 37.5 Å². The van der Waals surface area contributed by atoms with E-state index < -0.39 is 11.4 Å². The lowest BCUT2D eigenvalue weighted by Gasteiger charge is -2.38. The molecule has 42 heavy (non-hydrogen) atoms. The number of fused-ring (bicyclic) bond motifs is 2. The number of amides is 1. The molecule has 0 atom stereocenters. The molecule has 4 aromatic heterocycles. The molecule has 11 nitrogen and oxygen atoms in total. The number of benzene rings is 1. The standard InChI is InChI=1S/C30H30FN9O2/c1-5-26(41)39-13-6-12-38(16-30(39,3)4)24-10-8-22-28(37-24)29(34-17-32-22)36-21-7-9-23(19(2)27(21)31)42-20-11-14-40-25(15-20)33-18-35-40/h5,7-11,14-15,17-18H,1,6,12-13,16H2,2-4H3,(H,32,34,36). The predicted octanol–water partition coefficient (Wildman–Crippen LogP) is 5.05. The van der Waals surface area contributed by atoms with E-state index in [2.05, 4.69) is 36.8 Å². The van der Waals surface area contributed by atoms with E-state index in [0.29, 0.717) is 52.7 Å². The second-order valence-corrected chi connectivity index (χ2v) is 10.7. The van der Waals surface area contributed by atoms with Crippen molar-refractivity contribution in [2.75, 3.05) is 29.9 Å². The summed E-state index contributed by atoms with van der Waals surface area (Å²) in [5, 5.41) is 7.18. The second kappa shape index (κ2) is 10.7. The van der Waals surface area contributed by atoms with Crippen molar-refractivity contribution < 1.29 is 13.9 Å². The number of pyridine rings is 2. The lowest BCUT2D eigenvalue weighted by Crippen LogP contribution is -2.51. The van der Waals surface area contributed by atoms with Crippen molar-refractivity contribution in [1.82, 2.24) is 34.4 Å². The Hall–Kier alpha value is -5.13. The molecule has 1 amide bonds. The van der Waals surface area contributed by atoms with Crippen LogP contribution in [0.1, 0.15) is 25.8 Å². The van der Waals surface area contributed by atoms with Crippen LogP contribution in [0.4, 0.5) is 21.7 Å². The first-order valence-electron chi connectivity index (χ1n) is 13.6. The van der Waals surface area contributed by atoms with Crippen molar-refractivity contribution in [2.45, 2.75) is 32.7 Å². The fourth-order valence-corrected chi connectivity index (χ4v) is 5.25. The maximum atomic E-state index is 15.6. The Bertz CT molecular complexity index is 1820. The third-order valence-corrected chi connectivity index (χ3v) is 7.42. The number of carbonyl (C=O) groups excluding carboxylic acids is 1. The fraction of sp³-hybridized carbons (Fsp3) is 0.267. The van der Waals surface area contributed by atoms with Crippen LogP contribution < -0.4 is 15.0 Å². The van der Waals surface area contributed by atoms with Crippen LogP contribution >= 0.6 is 0 Å². The normalized spacial score (nSPS) is 15.0. The highest BCUT2D eigenvalue weighted by Gasteiger charge is 2.34. The maximum absolute atomic E-state index is 15.6. The van der Waals surface area contributed by atoms with Crippen LogP contribution in [-0.2, 0) is 4.79 Å². The van der Waals surface area contributed by atoms with Crippen LogP contribution in [0.2, 0.25) is 0 Å². The van der Waals surface area contributed by atoms with Crippen LogP contribution in [0.15, 0.2) is 67.9 Å². The zero-order valence-corrected chi connectivity index (χ0v) is 23.6. The molecule has 1 aliphatic rings. The molecular formula is C30H30FN9O2. The zero-order valence-electron chi connectivity index (χ0n) is 23.6. The van der Waals surface area contributed by atoms with Gasteiger partial charge in [-0.25, -0.2) is 28.8 Å². The minimum absolute atomic E-state index is 0.0849. The second-order valence-electron chi connectivity index (χ2n) is 10.7. The highest BCUT2D eigenvalue weighted by Crippen LogP contribution is 2.33. The van der Waals surface area contributed by atoms with Crippen molar-refractivity contribution in [1.29, 1.82) is 0 Å². The van der Waals surface area contributed by atoms with E-state index >= 15 is 4.39 Å². The number of halogens is 1. The quantitative estimate of drug-likeness (QED) is 0.282. The molecule has 0 bridgehead atoms. The molecule has 1 N–H and O–H groups in total. The van der Waals surface area contributed by atoms with Gasteiger partial charge < -0.3 is 19.9 Å². The third kappa shape index (κ3) is 5.06. The summed E-state index contributed by atoms with van der Waals surface area (Å²) in [6.07, 6.45) is 6.74. The Balaban J connectivity index is 1.27. The first kappa shape index (κ1) is 27.1. The average molecular weight is 568 g/mol. The number of aromatic nitrogens is 6. The van der Waals surface area contributed by atoms with E-state index in [4.69, 9.17) is 9.72 Å². The Morgan fingerprint density at radius 3 is 2.81 bits per heavy atom. The van der Waals surface area contributed by atoms with Crippen molar-refractivity contribution >= 4 is 39.9 Å². The zero-order chi connectivity index (χ0) is 29.4. The van der Waals surface area contributed by atoms with E-state index in [-0.39, 0.29) is 11.6 Å². The highest BCUT2D eigenvalue weighted by molar-refractivity contribution is 5.89. The van der Waals surface area contributed by atoms with E-state index in [0.717, 1.165) is 18.8 Å². The summed E-state index contributed by atoms with van der Waals surface area (Å²) in [5.74, 6) is 1.45. The molecule has 12 heteroatoms. The molecule has 5 aromatic rings. The minimum Gasteiger partial charge on any atom is -0.457 e. The van der Waals surface area contributed by atoms with Crippen LogP contribution in [0.25, 0.3) is 16.7 Å². The summed E-state index contributed by atoms with van der Waals surface area (Å²) in [6.45, 7) is 11.3. The van der Waals surface area contributed by atoms with Gasteiger partial charge in [0.2, 0.25) is 5.91 Å². The number of hydrogen-bond acceptors (Lipinski definition) is 9. The molecule has 0 radical (unpaired) electrons. The van der Waals surface area contributed by atoms with Crippen molar-refractivity contribution in [3.63, 3.8) is 0 Å². The summed E-state index contributed by atoms with van der Waals surface area (Å²) in [4.78, 5) is 34.3. The fourth-order valence-electron chi connectivity index (χ4n) is 5.25. The van der Waals surface area contributed by atoms with Gasteiger partial charge in [-0.05, 0) is 63.6 Å². The number of nitrogens with zero attached hydrogens (tertiary/aromatic N) is 8. The molecule has 0 spiro atoms. The summed E-state index contributed by atoms with van der Waals surface area (Å²) in [7, 11) is 0. The molecule has 6 rings (SSSR count). The largest absolute Gasteiger partial charge is 0.457 e. The average Bonchev–Trinajstić information content (AvgIpc) is 3.39. The summed E-state index contributed by atoms with van der Waals surface area (Å²) < 4.78 is 23.2. The van der Waals surface area contributed by atoms with Gasteiger partial charge in [-0.2, -0.15) is 5.10 Å². The molecule has 0 aliphatic carbocycles. The SMILES string of the molecule is C=CC(=O)N1CCCN(c2ccc3ncnc(Nc4ccc(Oc5ccn6ncnc6c5)c(C)c4F)c3n2)CC1(C)C. The molecule has 1 fully saturated rings. The molecule has 1 saturated heterocycles. The number of carbonyl (C=O) groups is 1. The van der Waals surface area contributed by atoms with Crippen molar-refractivity contribution in [3.05, 3.63) is 79.3 Å². The first-order chi connectivity index (χ1) is 20.2. The van der Waals surface area contributed by atoms with Crippen molar-refractivity contribution in [3.8, 4) is 11.5 Å². The highest BCUT2D eigenvalue weighted by atomic mass is 19.1. The Kier molecular flexibility index (Phi) is 6.89. The number of rotatable bonds is 6.